The molecule has 1 aliphatic rings. The standard InChI is InChI=1S/C30H37N5O5/c1-29(2,3)21-9-11-23(12-10-21)35(27(37)24-18-39-19-32-24)25(20-8-7-14-31-16-20)26(36)33-22-13-15-34(17-22)28(38)40-30(4,5)6/h7-12,14,16,18-19,22,25H,13,15,17H2,1-6H3,(H,33,36). The normalized spacial score (nSPS) is 16.4. The van der Waals surface area contributed by atoms with Crippen molar-refractivity contribution >= 4 is 23.6 Å². The highest BCUT2D eigenvalue weighted by atomic mass is 16.6. The monoisotopic (exact) mass is 547 g/mol. The molecule has 1 aromatic carbocycles. The van der Waals surface area contributed by atoms with Crippen LogP contribution in [-0.4, -0.2) is 57.5 Å². The minimum atomic E-state index is -1.06. The number of nitrogens with one attached hydrogen (secondary N) is 1. The summed E-state index contributed by atoms with van der Waals surface area (Å²) in [7, 11) is 0. The van der Waals surface area contributed by atoms with Crippen molar-refractivity contribution in [2.75, 3.05) is 18.0 Å². The second-order valence-electron chi connectivity index (χ2n) is 12.0. The van der Waals surface area contributed by atoms with Gasteiger partial charge in [0.25, 0.3) is 5.91 Å². The molecule has 10 nitrogen and oxygen atoms in total. The van der Waals surface area contributed by atoms with Crippen molar-refractivity contribution < 1.29 is 23.5 Å². The molecule has 1 saturated heterocycles. The molecular weight excluding hydrogens is 510 g/mol. The Balaban J connectivity index is 1.66. The Kier molecular flexibility index (Phi) is 8.27. The molecule has 2 aromatic heterocycles. The number of hydrogen-bond donors (Lipinski definition) is 1. The van der Waals surface area contributed by atoms with Crippen molar-refractivity contribution in [1.82, 2.24) is 20.2 Å². The van der Waals surface area contributed by atoms with Crippen LogP contribution >= 0.6 is 0 Å². The number of carbonyl (C=O) groups is 3. The first-order chi connectivity index (χ1) is 18.8. The van der Waals surface area contributed by atoms with Crippen LogP contribution in [0.2, 0.25) is 0 Å². The van der Waals surface area contributed by atoms with E-state index in [2.05, 4.69) is 36.1 Å². The topological polar surface area (TPSA) is 118 Å². The second kappa shape index (κ2) is 11.5. The minimum absolute atomic E-state index is 0.0681. The third-order valence-electron chi connectivity index (χ3n) is 6.57. The summed E-state index contributed by atoms with van der Waals surface area (Å²) < 4.78 is 10.6. The van der Waals surface area contributed by atoms with E-state index in [4.69, 9.17) is 9.15 Å². The summed E-state index contributed by atoms with van der Waals surface area (Å²) in [5.74, 6) is -0.899. The molecule has 2 atom stereocenters. The quantitative estimate of drug-likeness (QED) is 0.467. The highest BCUT2D eigenvalue weighted by molar-refractivity contribution is 6.09. The van der Waals surface area contributed by atoms with Gasteiger partial charge in [-0.1, -0.05) is 39.0 Å². The lowest BCUT2D eigenvalue weighted by atomic mass is 9.87. The Morgan fingerprint density at radius 3 is 2.40 bits per heavy atom. The number of benzene rings is 1. The SMILES string of the molecule is CC(C)(C)OC(=O)N1CCC(NC(=O)C(c2cccnc2)N(C(=O)c2cocn2)c2ccc(C(C)(C)C)cc2)C1. The average Bonchev–Trinajstić information content (AvgIpc) is 3.59. The highest BCUT2D eigenvalue weighted by Crippen LogP contribution is 2.32. The maximum Gasteiger partial charge on any atom is 0.410 e. The van der Waals surface area contributed by atoms with Gasteiger partial charge in [-0.2, -0.15) is 0 Å². The number of amides is 3. The predicted molar refractivity (Wildman–Crippen MR) is 150 cm³/mol. The van der Waals surface area contributed by atoms with Crippen LogP contribution in [0.15, 0.2) is 65.9 Å². The number of hydrogen-bond acceptors (Lipinski definition) is 7. The average molecular weight is 548 g/mol. The molecule has 3 amide bonds. The van der Waals surface area contributed by atoms with E-state index in [1.165, 1.54) is 17.6 Å². The van der Waals surface area contributed by atoms with Crippen molar-refractivity contribution in [3.05, 3.63) is 78.3 Å². The van der Waals surface area contributed by atoms with Gasteiger partial charge in [0.15, 0.2) is 12.1 Å². The Labute approximate surface area is 234 Å². The lowest BCUT2D eigenvalue weighted by molar-refractivity contribution is -0.123. The second-order valence-corrected chi connectivity index (χ2v) is 12.0. The van der Waals surface area contributed by atoms with Gasteiger partial charge >= 0.3 is 6.09 Å². The Morgan fingerprint density at radius 2 is 1.82 bits per heavy atom. The predicted octanol–water partition coefficient (Wildman–Crippen LogP) is 4.88. The van der Waals surface area contributed by atoms with Crippen LogP contribution in [0, 0.1) is 0 Å². The van der Waals surface area contributed by atoms with Gasteiger partial charge in [-0.15, -0.1) is 0 Å². The van der Waals surface area contributed by atoms with Crippen LogP contribution in [-0.2, 0) is 14.9 Å². The summed E-state index contributed by atoms with van der Waals surface area (Å²) in [6.45, 7) is 12.5. The summed E-state index contributed by atoms with van der Waals surface area (Å²) in [5.41, 5.74) is 1.49. The summed E-state index contributed by atoms with van der Waals surface area (Å²) in [6, 6.07) is 9.66. The Bertz CT molecular complexity index is 1310. The fraction of sp³-hybridized carbons (Fsp3) is 0.433. The van der Waals surface area contributed by atoms with E-state index in [1.807, 2.05) is 45.0 Å². The zero-order valence-corrected chi connectivity index (χ0v) is 23.9. The van der Waals surface area contributed by atoms with Gasteiger partial charge in [0, 0.05) is 42.8 Å². The molecule has 0 bridgehead atoms. The van der Waals surface area contributed by atoms with Crippen molar-refractivity contribution in [3.63, 3.8) is 0 Å². The molecule has 0 aliphatic carbocycles. The van der Waals surface area contributed by atoms with Gasteiger partial charge in [0.05, 0.1) is 0 Å². The Morgan fingerprint density at radius 1 is 1.10 bits per heavy atom. The minimum Gasteiger partial charge on any atom is -0.451 e. The molecule has 10 heteroatoms. The summed E-state index contributed by atoms with van der Waals surface area (Å²) >= 11 is 0. The zero-order chi connectivity index (χ0) is 29.1. The maximum atomic E-state index is 14.0. The molecule has 1 aliphatic heterocycles. The Hall–Kier alpha value is -4.21. The van der Waals surface area contributed by atoms with Crippen molar-refractivity contribution in [2.45, 2.75) is 71.1 Å². The molecule has 4 rings (SSSR count). The summed E-state index contributed by atoms with van der Waals surface area (Å²) in [6.07, 6.45) is 5.75. The van der Waals surface area contributed by atoms with E-state index in [0.717, 1.165) is 5.56 Å². The van der Waals surface area contributed by atoms with Crippen molar-refractivity contribution in [1.29, 1.82) is 0 Å². The number of nitrogens with zero attached hydrogens (tertiary/aromatic N) is 4. The van der Waals surface area contributed by atoms with Crippen LogP contribution < -0.4 is 10.2 Å². The molecular formula is C30H37N5O5. The number of pyridine rings is 1. The van der Waals surface area contributed by atoms with Crippen molar-refractivity contribution in [3.8, 4) is 0 Å². The molecule has 3 heterocycles. The fourth-order valence-corrected chi connectivity index (χ4v) is 4.55. The van der Waals surface area contributed by atoms with Crippen LogP contribution in [0.4, 0.5) is 10.5 Å². The first-order valence-electron chi connectivity index (χ1n) is 13.3. The first-order valence-corrected chi connectivity index (χ1v) is 13.3. The third kappa shape index (κ3) is 6.86. The van der Waals surface area contributed by atoms with Crippen LogP contribution in [0.3, 0.4) is 0 Å². The first kappa shape index (κ1) is 28.8. The largest absolute Gasteiger partial charge is 0.451 e. The lowest BCUT2D eigenvalue weighted by Crippen LogP contribution is -2.48. The summed E-state index contributed by atoms with van der Waals surface area (Å²) in [5, 5.41) is 3.06. The van der Waals surface area contributed by atoms with E-state index in [0.29, 0.717) is 30.8 Å². The number of anilines is 1. The van der Waals surface area contributed by atoms with E-state index < -0.39 is 29.6 Å². The maximum absolute atomic E-state index is 14.0. The van der Waals surface area contributed by atoms with Gasteiger partial charge in [0.1, 0.15) is 17.9 Å². The molecule has 2 unspecified atom stereocenters. The van der Waals surface area contributed by atoms with Crippen LogP contribution in [0.25, 0.3) is 0 Å². The van der Waals surface area contributed by atoms with Gasteiger partial charge < -0.3 is 19.4 Å². The van der Waals surface area contributed by atoms with Gasteiger partial charge in [-0.25, -0.2) is 9.78 Å². The van der Waals surface area contributed by atoms with E-state index in [-0.39, 0.29) is 17.2 Å². The smallest absolute Gasteiger partial charge is 0.410 e. The molecule has 0 radical (unpaired) electrons. The number of likely N-dealkylation sites (tertiary alicyclic amines) is 1. The number of ether oxygens (including phenoxy) is 1. The molecule has 3 aromatic rings. The molecule has 40 heavy (non-hydrogen) atoms. The van der Waals surface area contributed by atoms with Gasteiger partial charge in [0.2, 0.25) is 5.91 Å². The molecule has 1 fully saturated rings. The summed E-state index contributed by atoms with van der Waals surface area (Å²) in [4.78, 5) is 51.7. The number of carbonyl (C=O) groups excluding carboxylic acids is 3. The number of aromatic nitrogens is 2. The van der Waals surface area contributed by atoms with E-state index in [1.54, 1.807) is 29.4 Å². The van der Waals surface area contributed by atoms with Gasteiger partial charge in [-0.05, 0) is 56.4 Å². The molecule has 0 spiro atoms. The zero-order valence-electron chi connectivity index (χ0n) is 23.9. The lowest BCUT2D eigenvalue weighted by Gasteiger charge is -2.32. The molecule has 1 N–H and O–H groups in total. The highest BCUT2D eigenvalue weighted by Gasteiger charge is 2.37. The molecule has 212 valence electrons. The van der Waals surface area contributed by atoms with Crippen molar-refractivity contribution in [2.24, 2.45) is 0 Å². The van der Waals surface area contributed by atoms with Crippen LogP contribution in [0.1, 0.15) is 75.6 Å². The van der Waals surface area contributed by atoms with E-state index >= 15 is 0 Å². The third-order valence-corrected chi connectivity index (χ3v) is 6.57. The van der Waals surface area contributed by atoms with E-state index in [9.17, 15) is 14.4 Å². The fourth-order valence-electron chi connectivity index (χ4n) is 4.55. The van der Waals surface area contributed by atoms with Crippen LogP contribution in [0.5, 0.6) is 0 Å². The number of rotatable bonds is 6. The van der Waals surface area contributed by atoms with Gasteiger partial charge in [-0.3, -0.25) is 19.5 Å². The molecule has 0 saturated carbocycles. The number of oxazole rings is 1.